The minimum Gasteiger partial charge on any atom is -0.493 e. The molecule has 0 spiro atoms. The van der Waals surface area contributed by atoms with Crippen LogP contribution < -0.4 is 9.47 Å². The standard InChI is InChI=1S/C14H19ClO4/c1-8-4-5-11(19-8)14(16)9-6-12(17-2)13(18-3)7-10(9)15/h6-8,11,14,16H,4-5H2,1-3H3. The predicted octanol–water partition coefficient (Wildman–Crippen LogP) is 2.96. The third kappa shape index (κ3) is 2.96. The Morgan fingerprint density at radius 2 is 1.89 bits per heavy atom. The molecule has 0 aliphatic carbocycles. The van der Waals surface area contributed by atoms with Crippen molar-refractivity contribution in [3.05, 3.63) is 22.7 Å². The van der Waals surface area contributed by atoms with E-state index in [0.717, 1.165) is 12.8 Å². The van der Waals surface area contributed by atoms with Crippen LogP contribution in [0.4, 0.5) is 0 Å². The summed E-state index contributed by atoms with van der Waals surface area (Å²) in [6.45, 7) is 2.00. The normalized spacial score (nSPS) is 24.3. The van der Waals surface area contributed by atoms with E-state index in [-0.39, 0.29) is 12.2 Å². The van der Waals surface area contributed by atoms with Crippen molar-refractivity contribution in [1.82, 2.24) is 0 Å². The molecule has 106 valence electrons. The van der Waals surface area contributed by atoms with Crippen LogP contribution in [-0.2, 0) is 4.74 Å². The molecule has 1 aliphatic rings. The van der Waals surface area contributed by atoms with Gasteiger partial charge in [0.2, 0.25) is 0 Å². The molecule has 0 aromatic heterocycles. The van der Waals surface area contributed by atoms with Gasteiger partial charge in [-0.3, -0.25) is 0 Å². The maximum absolute atomic E-state index is 10.4. The fourth-order valence-electron chi connectivity index (χ4n) is 2.36. The SMILES string of the molecule is COc1cc(Cl)c(C(O)C2CCC(C)O2)cc1OC. The van der Waals surface area contributed by atoms with Gasteiger partial charge in [0.05, 0.1) is 31.5 Å². The van der Waals surface area contributed by atoms with Crippen LogP contribution in [0, 0.1) is 0 Å². The molecule has 3 unspecified atom stereocenters. The van der Waals surface area contributed by atoms with Crippen molar-refractivity contribution in [2.75, 3.05) is 14.2 Å². The van der Waals surface area contributed by atoms with E-state index in [0.29, 0.717) is 22.1 Å². The fourth-order valence-corrected chi connectivity index (χ4v) is 2.63. The van der Waals surface area contributed by atoms with Crippen LogP contribution in [0.2, 0.25) is 5.02 Å². The molecule has 0 saturated carbocycles. The molecule has 0 bridgehead atoms. The fraction of sp³-hybridized carbons (Fsp3) is 0.571. The molecule has 1 aromatic carbocycles. The van der Waals surface area contributed by atoms with E-state index in [2.05, 4.69) is 0 Å². The molecule has 1 aromatic rings. The zero-order valence-electron chi connectivity index (χ0n) is 11.4. The summed E-state index contributed by atoms with van der Waals surface area (Å²) in [5.74, 6) is 1.09. The van der Waals surface area contributed by atoms with Crippen molar-refractivity contribution >= 4 is 11.6 Å². The highest BCUT2D eigenvalue weighted by molar-refractivity contribution is 6.31. The maximum Gasteiger partial charge on any atom is 0.162 e. The van der Waals surface area contributed by atoms with Crippen molar-refractivity contribution in [3.8, 4) is 11.5 Å². The van der Waals surface area contributed by atoms with Crippen LogP contribution in [0.25, 0.3) is 0 Å². The van der Waals surface area contributed by atoms with E-state index in [9.17, 15) is 5.11 Å². The lowest BCUT2D eigenvalue weighted by Gasteiger charge is -2.21. The number of hydrogen-bond acceptors (Lipinski definition) is 4. The Kier molecular flexibility index (Phi) is 4.55. The van der Waals surface area contributed by atoms with Gasteiger partial charge in [-0.05, 0) is 25.8 Å². The molecule has 19 heavy (non-hydrogen) atoms. The first kappa shape index (κ1) is 14.4. The van der Waals surface area contributed by atoms with Gasteiger partial charge in [0.1, 0.15) is 6.10 Å². The molecular formula is C14H19ClO4. The van der Waals surface area contributed by atoms with Crippen LogP contribution in [0.5, 0.6) is 11.5 Å². The molecule has 1 heterocycles. The molecule has 5 heteroatoms. The summed E-state index contributed by atoms with van der Waals surface area (Å²) in [4.78, 5) is 0. The average molecular weight is 287 g/mol. The zero-order valence-corrected chi connectivity index (χ0v) is 12.1. The van der Waals surface area contributed by atoms with E-state index in [4.69, 9.17) is 25.8 Å². The van der Waals surface area contributed by atoms with Crippen molar-refractivity contribution in [3.63, 3.8) is 0 Å². The van der Waals surface area contributed by atoms with Gasteiger partial charge in [-0.1, -0.05) is 11.6 Å². The van der Waals surface area contributed by atoms with Crippen LogP contribution in [0.3, 0.4) is 0 Å². The van der Waals surface area contributed by atoms with E-state index in [1.165, 1.54) is 0 Å². The Bertz CT molecular complexity index is 449. The van der Waals surface area contributed by atoms with Crippen LogP contribution in [-0.4, -0.2) is 31.5 Å². The lowest BCUT2D eigenvalue weighted by atomic mass is 10.0. The lowest BCUT2D eigenvalue weighted by Crippen LogP contribution is -2.19. The number of aliphatic hydroxyl groups is 1. The first-order chi connectivity index (χ1) is 9.06. The van der Waals surface area contributed by atoms with Crippen molar-refractivity contribution in [2.24, 2.45) is 0 Å². The van der Waals surface area contributed by atoms with Crippen molar-refractivity contribution in [1.29, 1.82) is 0 Å². The Morgan fingerprint density at radius 3 is 2.42 bits per heavy atom. The molecule has 0 amide bonds. The van der Waals surface area contributed by atoms with E-state index >= 15 is 0 Å². The largest absolute Gasteiger partial charge is 0.493 e. The third-order valence-electron chi connectivity index (χ3n) is 3.44. The first-order valence-corrected chi connectivity index (χ1v) is 6.69. The van der Waals surface area contributed by atoms with Gasteiger partial charge in [-0.15, -0.1) is 0 Å². The summed E-state index contributed by atoms with van der Waals surface area (Å²) in [6, 6.07) is 3.36. The number of methoxy groups -OCH3 is 2. The highest BCUT2D eigenvalue weighted by Crippen LogP contribution is 2.39. The van der Waals surface area contributed by atoms with Gasteiger partial charge in [0.15, 0.2) is 11.5 Å². The van der Waals surface area contributed by atoms with Gasteiger partial charge in [-0.25, -0.2) is 0 Å². The second-order valence-corrected chi connectivity index (χ2v) is 5.14. The zero-order chi connectivity index (χ0) is 14.0. The van der Waals surface area contributed by atoms with E-state index in [1.54, 1.807) is 26.4 Å². The van der Waals surface area contributed by atoms with E-state index in [1.807, 2.05) is 6.92 Å². The minimum atomic E-state index is -0.753. The number of hydrogen-bond donors (Lipinski definition) is 1. The van der Waals surface area contributed by atoms with Crippen molar-refractivity contribution < 1.29 is 19.3 Å². The predicted molar refractivity (Wildman–Crippen MR) is 73.1 cm³/mol. The first-order valence-electron chi connectivity index (χ1n) is 6.31. The molecular weight excluding hydrogens is 268 g/mol. The molecule has 1 N–H and O–H groups in total. The second-order valence-electron chi connectivity index (χ2n) is 4.74. The van der Waals surface area contributed by atoms with Gasteiger partial charge >= 0.3 is 0 Å². The average Bonchev–Trinajstić information content (AvgIpc) is 2.84. The minimum absolute atomic E-state index is 0.179. The summed E-state index contributed by atoms with van der Waals surface area (Å²) in [5.41, 5.74) is 0.610. The van der Waals surface area contributed by atoms with Gasteiger partial charge in [0.25, 0.3) is 0 Å². The number of aliphatic hydroxyl groups excluding tert-OH is 1. The summed E-state index contributed by atoms with van der Waals surface area (Å²) in [5, 5.41) is 10.8. The van der Waals surface area contributed by atoms with Crippen LogP contribution >= 0.6 is 11.6 Å². The third-order valence-corrected chi connectivity index (χ3v) is 3.77. The molecule has 1 saturated heterocycles. The highest BCUT2D eigenvalue weighted by Gasteiger charge is 2.31. The highest BCUT2D eigenvalue weighted by atomic mass is 35.5. The molecule has 1 fully saturated rings. The van der Waals surface area contributed by atoms with Gasteiger partial charge in [0, 0.05) is 11.6 Å². The number of benzene rings is 1. The summed E-state index contributed by atoms with van der Waals surface area (Å²) in [6.07, 6.45) is 0.987. The summed E-state index contributed by atoms with van der Waals surface area (Å²) in [7, 11) is 3.10. The van der Waals surface area contributed by atoms with Crippen LogP contribution in [0.1, 0.15) is 31.4 Å². The lowest BCUT2D eigenvalue weighted by molar-refractivity contribution is -0.0297. The van der Waals surface area contributed by atoms with Crippen molar-refractivity contribution in [2.45, 2.75) is 38.1 Å². The Morgan fingerprint density at radius 1 is 1.26 bits per heavy atom. The van der Waals surface area contributed by atoms with E-state index < -0.39 is 6.10 Å². The molecule has 4 nitrogen and oxygen atoms in total. The topological polar surface area (TPSA) is 47.9 Å². The number of halogens is 1. The number of rotatable bonds is 4. The summed E-state index contributed by atoms with van der Waals surface area (Å²) >= 11 is 6.20. The number of ether oxygens (including phenoxy) is 3. The second kappa shape index (κ2) is 5.99. The van der Waals surface area contributed by atoms with Crippen LogP contribution in [0.15, 0.2) is 12.1 Å². The quantitative estimate of drug-likeness (QED) is 0.924. The molecule has 3 atom stereocenters. The molecule has 1 aliphatic heterocycles. The maximum atomic E-state index is 10.4. The molecule has 2 rings (SSSR count). The van der Waals surface area contributed by atoms with Gasteiger partial charge < -0.3 is 19.3 Å². The Balaban J connectivity index is 2.28. The summed E-state index contributed by atoms with van der Waals surface area (Å²) < 4.78 is 16.1. The monoisotopic (exact) mass is 286 g/mol. The Hall–Kier alpha value is -0.970. The Labute approximate surface area is 118 Å². The molecule has 0 radical (unpaired) electrons. The van der Waals surface area contributed by atoms with Gasteiger partial charge in [-0.2, -0.15) is 0 Å². The smallest absolute Gasteiger partial charge is 0.162 e.